The van der Waals surface area contributed by atoms with Gasteiger partial charge in [-0.2, -0.15) is 0 Å². The van der Waals surface area contributed by atoms with Crippen molar-refractivity contribution >= 4 is 40.8 Å². The summed E-state index contributed by atoms with van der Waals surface area (Å²) in [6.45, 7) is 0. The predicted octanol–water partition coefficient (Wildman–Crippen LogP) is 4.44. The van der Waals surface area contributed by atoms with Crippen LogP contribution < -0.4 is 10.1 Å². The second kappa shape index (κ2) is 6.59. The summed E-state index contributed by atoms with van der Waals surface area (Å²) in [5.41, 5.74) is 1.66. The fourth-order valence-corrected chi connectivity index (χ4v) is 2.77. The number of nitrogens with one attached hydrogen (secondary N) is 1. The number of hydrogen-bond donors (Lipinski definition) is 2. The molecule has 122 valence electrons. The molecular formula is C18H13Cl2NO3. The number of methoxy groups -OCH3 is 1. The van der Waals surface area contributed by atoms with Gasteiger partial charge in [0.15, 0.2) is 5.76 Å². The Morgan fingerprint density at radius 2 is 1.83 bits per heavy atom. The van der Waals surface area contributed by atoms with E-state index in [9.17, 15) is 9.90 Å². The van der Waals surface area contributed by atoms with Gasteiger partial charge in [0, 0.05) is 0 Å². The number of carbonyl (C=O) groups is 1. The van der Waals surface area contributed by atoms with Crippen LogP contribution in [-0.2, 0) is 4.79 Å². The molecule has 0 aromatic heterocycles. The molecule has 24 heavy (non-hydrogen) atoms. The van der Waals surface area contributed by atoms with E-state index in [1.165, 1.54) is 0 Å². The molecule has 1 amide bonds. The van der Waals surface area contributed by atoms with Gasteiger partial charge in [-0.05, 0) is 35.4 Å². The summed E-state index contributed by atoms with van der Waals surface area (Å²) in [4.78, 5) is 12.2. The third-order valence-electron chi connectivity index (χ3n) is 3.63. The molecule has 0 bridgehead atoms. The van der Waals surface area contributed by atoms with Crippen LogP contribution >= 0.6 is 23.2 Å². The Bertz CT molecular complexity index is 870. The molecule has 0 aliphatic carbocycles. The number of hydrogen-bond acceptors (Lipinski definition) is 3. The Morgan fingerprint density at radius 1 is 1.12 bits per heavy atom. The largest absolute Gasteiger partial charge is 0.505 e. The first-order valence-electron chi connectivity index (χ1n) is 7.06. The lowest BCUT2D eigenvalue weighted by Gasteiger charge is -2.03. The van der Waals surface area contributed by atoms with E-state index in [4.69, 9.17) is 27.9 Å². The molecular weight excluding hydrogens is 349 g/mol. The van der Waals surface area contributed by atoms with Crippen LogP contribution in [0.25, 0.3) is 11.6 Å². The van der Waals surface area contributed by atoms with Crippen molar-refractivity contribution in [2.75, 3.05) is 7.11 Å². The van der Waals surface area contributed by atoms with Crippen molar-refractivity contribution < 1.29 is 14.6 Å². The molecule has 2 aromatic carbocycles. The van der Waals surface area contributed by atoms with E-state index in [-0.39, 0.29) is 22.9 Å². The minimum Gasteiger partial charge on any atom is -0.505 e. The molecule has 1 aliphatic heterocycles. The molecule has 1 heterocycles. The molecule has 3 rings (SSSR count). The highest BCUT2D eigenvalue weighted by Crippen LogP contribution is 2.32. The monoisotopic (exact) mass is 361 g/mol. The fourth-order valence-electron chi connectivity index (χ4n) is 2.40. The Balaban J connectivity index is 2.03. The highest BCUT2D eigenvalue weighted by molar-refractivity contribution is 6.43. The highest BCUT2D eigenvalue weighted by atomic mass is 35.5. The zero-order valence-electron chi connectivity index (χ0n) is 12.6. The number of halogens is 2. The zero-order chi connectivity index (χ0) is 17.3. The lowest BCUT2D eigenvalue weighted by molar-refractivity contribution is -0.114. The number of amides is 1. The minimum absolute atomic E-state index is 0.138. The Kier molecular flexibility index (Phi) is 4.51. The maximum Gasteiger partial charge on any atom is 0.260 e. The van der Waals surface area contributed by atoms with Gasteiger partial charge < -0.3 is 15.2 Å². The van der Waals surface area contributed by atoms with Crippen LogP contribution in [0.4, 0.5) is 0 Å². The molecule has 0 unspecified atom stereocenters. The summed E-state index contributed by atoms with van der Waals surface area (Å²) in [6, 6.07) is 12.0. The summed E-state index contributed by atoms with van der Waals surface area (Å²) in [6.07, 6.45) is 1.58. The van der Waals surface area contributed by atoms with Crippen molar-refractivity contribution in [1.82, 2.24) is 5.32 Å². The normalized spacial score (nSPS) is 15.8. The second-order valence-corrected chi connectivity index (χ2v) is 5.89. The van der Waals surface area contributed by atoms with Crippen molar-refractivity contribution in [3.8, 4) is 5.75 Å². The first-order valence-corrected chi connectivity index (χ1v) is 7.82. The van der Waals surface area contributed by atoms with Gasteiger partial charge in [0.2, 0.25) is 0 Å². The third kappa shape index (κ3) is 2.98. The van der Waals surface area contributed by atoms with E-state index in [2.05, 4.69) is 5.32 Å². The van der Waals surface area contributed by atoms with Gasteiger partial charge >= 0.3 is 0 Å². The van der Waals surface area contributed by atoms with Crippen molar-refractivity contribution in [3.05, 3.63) is 75.1 Å². The predicted molar refractivity (Wildman–Crippen MR) is 95.1 cm³/mol. The van der Waals surface area contributed by atoms with Crippen LogP contribution in [0.3, 0.4) is 0 Å². The van der Waals surface area contributed by atoms with Crippen LogP contribution in [0, 0.1) is 0 Å². The fraction of sp³-hybridized carbons (Fsp3) is 0.0556. The Labute approximate surface area is 149 Å². The molecule has 0 fully saturated rings. The molecule has 0 atom stereocenters. The third-order valence-corrected chi connectivity index (χ3v) is 4.46. The van der Waals surface area contributed by atoms with Crippen molar-refractivity contribution in [1.29, 1.82) is 0 Å². The second-order valence-electron chi connectivity index (χ2n) is 5.11. The molecule has 6 heteroatoms. The summed E-state index contributed by atoms with van der Waals surface area (Å²) in [5, 5.41) is 13.8. The topological polar surface area (TPSA) is 58.6 Å². The van der Waals surface area contributed by atoms with Crippen LogP contribution in [0.5, 0.6) is 5.75 Å². The van der Waals surface area contributed by atoms with Crippen molar-refractivity contribution in [2.24, 2.45) is 0 Å². The summed E-state index contributed by atoms with van der Waals surface area (Å²) >= 11 is 12.1. The first-order chi connectivity index (χ1) is 11.5. The zero-order valence-corrected chi connectivity index (χ0v) is 14.2. The molecule has 0 spiro atoms. The highest BCUT2D eigenvalue weighted by Gasteiger charge is 2.28. The Morgan fingerprint density at radius 3 is 2.50 bits per heavy atom. The number of aliphatic hydroxyl groups is 1. The van der Waals surface area contributed by atoms with Crippen LogP contribution in [0.1, 0.15) is 11.1 Å². The van der Waals surface area contributed by atoms with Gasteiger partial charge in [0.25, 0.3) is 5.91 Å². The number of ether oxygens (including phenoxy) is 1. The smallest absolute Gasteiger partial charge is 0.260 e. The molecule has 0 saturated heterocycles. The SMILES string of the molecule is COc1ccc(C2=C(O)/C(=C/c3cccc(Cl)c3Cl)NC2=O)cc1. The number of carbonyl (C=O) groups excluding carboxylic acids is 1. The summed E-state index contributed by atoms with van der Waals surface area (Å²) in [7, 11) is 1.56. The van der Waals surface area contributed by atoms with E-state index < -0.39 is 0 Å². The standard InChI is InChI=1S/C18H13Cl2NO3/c1-24-12-7-5-10(6-8-12)15-17(22)14(21-18(15)23)9-11-3-2-4-13(19)16(11)20/h2-9,22H,1H3,(H,21,23)/b14-9-. The average molecular weight is 362 g/mol. The van der Waals surface area contributed by atoms with E-state index in [0.717, 1.165) is 0 Å². The maximum absolute atomic E-state index is 12.2. The van der Waals surface area contributed by atoms with Crippen LogP contribution in [-0.4, -0.2) is 18.1 Å². The van der Waals surface area contributed by atoms with Crippen LogP contribution in [0.2, 0.25) is 10.0 Å². The van der Waals surface area contributed by atoms with E-state index in [1.807, 2.05) is 0 Å². The lowest BCUT2D eigenvalue weighted by atomic mass is 10.0. The molecule has 0 saturated carbocycles. The minimum atomic E-state index is -0.387. The number of rotatable bonds is 3. The van der Waals surface area contributed by atoms with Crippen molar-refractivity contribution in [3.63, 3.8) is 0 Å². The maximum atomic E-state index is 12.2. The molecule has 2 aromatic rings. The van der Waals surface area contributed by atoms with Gasteiger partial charge in [0.05, 0.1) is 28.4 Å². The van der Waals surface area contributed by atoms with E-state index >= 15 is 0 Å². The van der Waals surface area contributed by atoms with Gasteiger partial charge in [-0.15, -0.1) is 0 Å². The van der Waals surface area contributed by atoms with E-state index in [0.29, 0.717) is 26.9 Å². The first kappa shape index (κ1) is 16.4. The number of aliphatic hydroxyl groups excluding tert-OH is 1. The summed E-state index contributed by atoms with van der Waals surface area (Å²) < 4.78 is 5.09. The molecule has 0 radical (unpaired) electrons. The molecule has 2 N–H and O–H groups in total. The van der Waals surface area contributed by atoms with Crippen molar-refractivity contribution in [2.45, 2.75) is 0 Å². The lowest BCUT2D eigenvalue weighted by Crippen LogP contribution is -2.15. The average Bonchev–Trinajstić information content (AvgIpc) is 2.86. The van der Waals surface area contributed by atoms with Gasteiger partial charge in [-0.1, -0.05) is 47.5 Å². The van der Waals surface area contributed by atoms with Gasteiger partial charge in [-0.25, -0.2) is 0 Å². The summed E-state index contributed by atoms with van der Waals surface area (Å²) in [5.74, 6) is 0.141. The number of benzene rings is 2. The molecule has 4 nitrogen and oxygen atoms in total. The van der Waals surface area contributed by atoms with Gasteiger partial charge in [0.1, 0.15) is 5.75 Å². The van der Waals surface area contributed by atoms with E-state index in [1.54, 1.807) is 55.7 Å². The Hall–Kier alpha value is -2.43. The quantitative estimate of drug-likeness (QED) is 0.849. The van der Waals surface area contributed by atoms with Gasteiger partial charge in [-0.3, -0.25) is 4.79 Å². The van der Waals surface area contributed by atoms with Crippen LogP contribution in [0.15, 0.2) is 53.9 Å². The molecule has 1 aliphatic rings.